The van der Waals surface area contributed by atoms with E-state index in [9.17, 15) is 22.8 Å². The molecule has 0 aliphatic carbocycles. The van der Waals surface area contributed by atoms with Crippen molar-refractivity contribution in [2.24, 2.45) is 5.92 Å². The summed E-state index contributed by atoms with van der Waals surface area (Å²) in [4.78, 5) is 39.6. The number of urea groups is 1. The molecule has 3 amide bonds. The van der Waals surface area contributed by atoms with Gasteiger partial charge >= 0.3 is 12.0 Å². The van der Waals surface area contributed by atoms with E-state index < -0.39 is 35.1 Å². The summed E-state index contributed by atoms with van der Waals surface area (Å²) in [6.45, 7) is 9.97. The number of piperidine rings is 1. The molecule has 1 atom stereocenters. The molecule has 1 unspecified atom stereocenters. The van der Waals surface area contributed by atoms with E-state index >= 15 is 0 Å². The van der Waals surface area contributed by atoms with Gasteiger partial charge in [-0.1, -0.05) is 25.6 Å². The molecule has 4 heterocycles. The van der Waals surface area contributed by atoms with Gasteiger partial charge in [-0.15, -0.1) is 0 Å². The van der Waals surface area contributed by atoms with Crippen LogP contribution in [0.2, 0.25) is 0 Å². The van der Waals surface area contributed by atoms with Gasteiger partial charge in [-0.05, 0) is 55.5 Å². The summed E-state index contributed by atoms with van der Waals surface area (Å²) in [5, 5.41) is 5.23. The molecule has 0 saturated carbocycles. The van der Waals surface area contributed by atoms with Crippen molar-refractivity contribution in [2.75, 3.05) is 59.7 Å². The fourth-order valence-electron chi connectivity index (χ4n) is 5.20. The number of aryl methyl sites for hydroxylation is 1. The molecule has 13 heteroatoms. The third-order valence-electron chi connectivity index (χ3n) is 7.67. The molecule has 3 aromatic rings. The van der Waals surface area contributed by atoms with Gasteiger partial charge in [0.15, 0.2) is 5.69 Å². The second kappa shape index (κ2) is 12.4. The number of nitrogens with one attached hydrogen (secondary N) is 2. The van der Waals surface area contributed by atoms with Crippen LogP contribution in [0.25, 0.3) is 0 Å². The number of rotatable bonds is 7. The minimum absolute atomic E-state index is 0.0138. The first kappa shape index (κ1) is 29.9. The molecule has 2 aromatic heterocycles. The van der Waals surface area contributed by atoms with Gasteiger partial charge in [0.05, 0.1) is 17.6 Å². The molecule has 228 valence electrons. The lowest BCUT2D eigenvalue weighted by Gasteiger charge is -2.35. The zero-order valence-electron chi connectivity index (χ0n) is 24.1. The maximum atomic E-state index is 14.7. The summed E-state index contributed by atoms with van der Waals surface area (Å²) in [6.07, 6.45) is 3.78. The van der Waals surface area contributed by atoms with Gasteiger partial charge in [0, 0.05) is 39.3 Å². The predicted octanol–water partition coefficient (Wildman–Crippen LogP) is 5.64. The second-order valence-electron chi connectivity index (χ2n) is 10.9. The lowest BCUT2D eigenvalue weighted by atomic mass is 10.0. The molecule has 43 heavy (non-hydrogen) atoms. The normalized spacial score (nSPS) is 17.5. The van der Waals surface area contributed by atoms with Crippen molar-refractivity contribution in [1.29, 1.82) is 0 Å². The maximum absolute atomic E-state index is 14.7. The lowest BCUT2D eigenvalue weighted by Crippen LogP contribution is -2.50. The number of hydrogen-bond acceptors (Lipinski definition) is 7. The summed E-state index contributed by atoms with van der Waals surface area (Å²) in [5.41, 5.74) is 0.314. The Morgan fingerprint density at radius 2 is 1.84 bits per heavy atom. The van der Waals surface area contributed by atoms with Crippen LogP contribution < -0.4 is 20.4 Å². The number of pyridine rings is 1. The summed E-state index contributed by atoms with van der Waals surface area (Å²) in [6, 6.07) is 7.34. The molecular weight excluding hydrogens is 563 g/mol. The number of nitrogens with zero attached hydrogens (tertiary/aromatic N) is 5. The first-order valence-corrected chi connectivity index (χ1v) is 14.2. The first-order valence-electron chi connectivity index (χ1n) is 14.2. The quantitative estimate of drug-likeness (QED) is 0.340. The van der Waals surface area contributed by atoms with Gasteiger partial charge in [-0.3, -0.25) is 4.79 Å². The lowest BCUT2D eigenvalue weighted by molar-refractivity contribution is 0.0456. The largest absolute Gasteiger partial charge is 0.418 e. The molecular formula is C30H34F3N7O3. The van der Waals surface area contributed by atoms with Crippen LogP contribution in [0.5, 0.6) is 0 Å². The summed E-state index contributed by atoms with van der Waals surface area (Å²) < 4.78 is 49.0. The van der Waals surface area contributed by atoms with E-state index in [1.807, 2.05) is 4.90 Å². The molecule has 0 bridgehead atoms. The van der Waals surface area contributed by atoms with Gasteiger partial charge in [0.25, 0.3) is 11.9 Å². The van der Waals surface area contributed by atoms with E-state index in [4.69, 9.17) is 4.42 Å². The number of benzene rings is 1. The number of carbonyl (C=O) groups excluding carboxylic acids is 2. The van der Waals surface area contributed by atoms with Crippen LogP contribution in [0.3, 0.4) is 0 Å². The van der Waals surface area contributed by atoms with Crippen LogP contribution in [0.15, 0.2) is 53.6 Å². The van der Waals surface area contributed by atoms with Gasteiger partial charge in [-0.25, -0.2) is 14.2 Å². The number of amides is 3. The maximum Gasteiger partial charge on any atom is 0.322 e. The highest BCUT2D eigenvalue weighted by Crippen LogP contribution is 2.35. The molecule has 2 N–H and O–H groups in total. The average molecular weight is 598 g/mol. The van der Waals surface area contributed by atoms with E-state index in [0.29, 0.717) is 68.3 Å². The topological polar surface area (TPSA) is 107 Å². The van der Waals surface area contributed by atoms with Crippen molar-refractivity contribution < 1.29 is 27.2 Å². The van der Waals surface area contributed by atoms with Crippen molar-refractivity contribution in [3.8, 4) is 0 Å². The molecule has 2 fully saturated rings. The van der Waals surface area contributed by atoms with E-state index in [-0.39, 0.29) is 11.7 Å². The number of alkyl halides is 2. The van der Waals surface area contributed by atoms with Crippen LogP contribution in [-0.2, 0) is 5.92 Å². The third-order valence-corrected chi connectivity index (χ3v) is 7.67. The van der Waals surface area contributed by atoms with Crippen molar-refractivity contribution in [1.82, 2.24) is 14.9 Å². The molecule has 5 rings (SSSR count). The molecule has 10 nitrogen and oxygen atoms in total. The zero-order chi connectivity index (χ0) is 30.7. The van der Waals surface area contributed by atoms with Crippen molar-refractivity contribution in [2.45, 2.75) is 32.6 Å². The Morgan fingerprint density at radius 3 is 2.51 bits per heavy atom. The Labute approximate surface area is 247 Å². The fourth-order valence-corrected chi connectivity index (χ4v) is 5.20. The number of aromatic nitrogens is 2. The molecule has 0 radical (unpaired) electrons. The molecule has 2 aliphatic rings. The van der Waals surface area contributed by atoms with E-state index in [1.54, 1.807) is 34.9 Å². The number of allylic oxidation sites excluding steroid dienone is 1. The van der Waals surface area contributed by atoms with Crippen LogP contribution in [-0.4, -0.2) is 66.1 Å². The average Bonchev–Trinajstić information content (AvgIpc) is 3.46. The van der Waals surface area contributed by atoms with Crippen LogP contribution in [0, 0.1) is 18.7 Å². The highest BCUT2D eigenvalue weighted by molar-refractivity contribution is 6.03. The molecule has 2 aliphatic heterocycles. The second-order valence-corrected chi connectivity index (χ2v) is 10.9. The standard InChI is InChI=1S/C30H34F3N7O3/c1-4-30(32,33)26-25(43-29(37-26)40-11-7-8-19(2)18-40)27(41)35-23-17-34-24(16-20(23)3)38-12-14-39(15-13-38)28(42)36-22-10-6-5-9-21(22)31/h4-6,9-10,16-17,19H,1,7-8,11-15,18H2,2-3H3,(H,35,41)(H,36,42). The number of hydrogen-bond donors (Lipinski definition) is 2. The minimum atomic E-state index is -3.57. The van der Waals surface area contributed by atoms with Gasteiger partial charge in [0.1, 0.15) is 11.6 Å². The Bertz CT molecular complexity index is 1500. The molecule has 2 saturated heterocycles. The number of carbonyl (C=O) groups is 2. The number of halogens is 3. The Balaban J connectivity index is 1.25. The molecule has 0 spiro atoms. The van der Waals surface area contributed by atoms with Crippen molar-refractivity contribution in [3.63, 3.8) is 0 Å². The monoisotopic (exact) mass is 597 g/mol. The highest BCUT2D eigenvalue weighted by Gasteiger charge is 2.39. The minimum Gasteiger partial charge on any atom is -0.418 e. The van der Waals surface area contributed by atoms with E-state index in [2.05, 4.69) is 34.1 Å². The van der Waals surface area contributed by atoms with E-state index in [1.165, 1.54) is 18.3 Å². The third kappa shape index (κ3) is 6.60. The van der Waals surface area contributed by atoms with Gasteiger partial charge in [0.2, 0.25) is 5.76 Å². The SMILES string of the molecule is C=CC(F)(F)c1nc(N2CCCC(C)C2)oc1C(=O)Nc1cnc(N2CCN(C(=O)Nc3ccccc3F)CC2)cc1C. The summed E-state index contributed by atoms with van der Waals surface area (Å²) in [5.74, 6) is -4.55. The van der Waals surface area contributed by atoms with Crippen LogP contribution >= 0.6 is 0 Å². The Kier molecular flexibility index (Phi) is 8.60. The first-order chi connectivity index (χ1) is 20.6. The predicted molar refractivity (Wildman–Crippen MR) is 157 cm³/mol. The summed E-state index contributed by atoms with van der Waals surface area (Å²) >= 11 is 0. The van der Waals surface area contributed by atoms with Gasteiger partial charge in [-0.2, -0.15) is 13.8 Å². The molecule has 1 aromatic carbocycles. The zero-order valence-corrected chi connectivity index (χ0v) is 24.1. The van der Waals surface area contributed by atoms with Crippen molar-refractivity contribution in [3.05, 3.63) is 72.0 Å². The van der Waals surface area contributed by atoms with Crippen LogP contribution in [0.4, 0.5) is 41.2 Å². The Morgan fingerprint density at radius 1 is 1.09 bits per heavy atom. The number of anilines is 4. The number of piperazine rings is 1. The number of para-hydroxylation sites is 1. The van der Waals surface area contributed by atoms with Crippen LogP contribution in [0.1, 0.15) is 41.6 Å². The summed E-state index contributed by atoms with van der Waals surface area (Å²) in [7, 11) is 0. The number of oxazole rings is 1. The fraction of sp³-hybridized carbons (Fsp3) is 0.400. The smallest absolute Gasteiger partial charge is 0.322 e. The highest BCUT2D eigenvalue weighted by atomic mass is 19.3. The Hall–Kier alpha value is -4.55. The van der Waals surface area contributed by atoms with E-state index in [0.717, 1.165) is 12.8 Å². The van der Waals surface area contributed by atoms with Crippen molar-refractivity contribution >= 4 is 35.1 Å². The van der Waals surface area contributed by atoms with Gasteiger partial charge < -0.3 is 29.8 Å².